The number of halogens is 2. The van der Waals surface area contributed by atoms with Gasteiger partial charge in [0.1, 0.15) is 5.82 Å². The van der Waals surface area contributed by atoms with Crippen LogP contribution in [0.15, 0.2) is 18.2 Å². The predicted molar refractivity (Wildman–Crippen MR) is 73.5 cm³/mol. The minimum atomic E-state index is -0.469. The fraction of sp³-hybridized carbons (Fsp3) is 0.385. The van der Waals surface area contributed by atoms with Gasteiger partial charge in [0.25, 0.3) is 0 Å². The SMILES string of the molecule is CC(=O)SC1CC(=O)N(Cc2ccc(F)c(Cl)c2)C1. The molecule has 19 heavy (non-hydrogen) atoms. The monoisotopic (exact) mass is 301 g/mol. The summed E-state index contributed by atoms with van der Waals surface area (Å²) in [6.45, 7) is 2.43. The van der Waals surface area contributed by atoms with Crippen LogP contribution in [0.3, 0.4) is 0 Å². The Hall–Kier alpha value is -1.07. The van der Waals surface area contributed by atoms with Crippen LogP contribution in [-0.4, -0.2) is 27.7 Å². The summed E-state index contributed by atoms with van der Waals surface area (Å²) in [7, 11) is 0. The number of hydrogen-bond donors (Lipinski definition) is 0. The Kier molecular flexibility index (Phi) is 4.47. The highest BCUT2D eigenvalue weighted by Crippen LogP contribution is 2.26. The molecule has 6 heteroatoms. The van der Waals surface area contributed by atoms with E-state index in [9.17, 15) is 14.0 Å². The molecule has 1 aliphatic rings. The second-order valence-electron chi connectivity index (χ2n) is 4.46. The Morgan fingerprint density at radius 3 is 2.95 bits per heavy atom. The van der Waals surface area contributed by atoms with Crippen LogP contribution < -0.4 is 0 Å². The van der Waals surface area contributed by atoms with E-state index in [1.807, 2.05) is 0 Å². The fourth-order valence-electron chi connectivity index (χ4n) is 2.06. The summed E-state index contributed by atoms with van der Waals surface area (Å²) in [5.74, 6) is -0.456. The highest BCUT2D eigenvalue weighted by atomic mass is 35.5. The maximum absolute atomic E-state index is 13.0. The number of carbonyl (C=O) groups is 2. The zero-order chi connectivity index (χ0) is 14.0. The van der Waals surface area contributed by atoms with E-state index >= 15 is 0 Å². The van der Waals surface area contributed by atoms with Crippen LogP contribution in [0.2, 0.25) is 5.02 Å². The van der Waals surface area contributed by atoms with E-state index < -0.39 is 5.82 Å². The average molecular weight is 302 g/mol. The Morgan fingerprint density at radius 2 is 2.32 bits per heavy atom. The number of thioether (sulfide) groups is 1. The van der Waals surface area contributed by atoms with Gasteiger partial charge in [-0.1, -0.05) is 29.4 Å². The molecule has 0 N–H and O–H groups in total. The normalized spacial score (nSPS) is 19.0. The molecule has 1 amide bonds. The first-order chi connectivity index (χ1) is 8.95. The molecule has 1 aromatic rings. The van der Waals surface area contributed by atoms with Gasteiger partial charge >= 0.3 is 0 Å². The van der Waals surface area contributed by atoms with Gasteiger partial charge in [0.2, 0.25) is 5.91 Å². The van der Waals surface area contributed by atoms with Crippen molar-refractivity contribution in [3.8, 4) is 0 Å². The van der Waals surface area contributed by atoms with Crippen molar-refractivity contribution >= 4 is 34.4 Å². The van der Waals surface area contributed by atoms with Crippen molar-refractivity contribution in [1.82, 2.24) is 4.90 Å². The smallest absolute Gasteiger partial charge is 0.224 e. The summed E-state index contributed by atoms with van der Waals surface area (Å²) in [6.07, 6.45) is 0.374. The number of hydrogen-bond acceptors (Lipinski definition) is 3. The van der Waals surface area contributed by atoms with Crippen molar-refractivity contribution in [2.75, 3.05) is 6.54 Å². The zero-order valence-electron chi connectivity index (χ0n) is 10.4. The molecule has 1 aliphatic heterocycles. The van der Waals surface area contributed by atoms with Crippen LogP contribution in [0, 0.1) is 5.82 Å². The topological polar surface area (TPSA) is 37.4 Å². The molecule has 102 valence electrons. The fourth-order valence-corrected chi connectivity index (χ4v) is 3.21. The predicted octanol–water partition coefficient (Wildman–Crippen LogP) is 2.86. The molecular formula is C13H13ClFNO2S. The van der Waals surface area contributed by atoms with Crippen LogP contribution >= 0.6 is 23.4 Å². The Bertz CT molecular complexity index is 523. The zero-order valence-corrected chi connectivity index (χ0v) is 11.9. The molecule has 0 spiro atoms. The van der Waals surface area contributed by atoms with Crippen LogP contribution in [0.4, 0.5) is 4.39 Å². The van der Waals surface area contributed by atoms with Crippen LogP contribution in [0.25, 0.3) is 0 Å². The van der Waals surface area contributed by atoms with Crippen molar-refractivity contribution in [3.05, 3.63) is 34.6 Å². The third-order valence-corrected chi connectivity index (χ3v) is 4.14. The number of benzene rings is 1. The van der Waals surface area contributed by atoms with Gasteiger partial charge in [0, 0.05) is 31.7 Å². The lowest BCUT2D eigenvalue weighted by Gasteiger charge is -2.16. The van der Waals surface area contributed by atoms with Crippen molar-refractivity contribution < 1.29 is 14.0 Å². The first-order valence-electron chi connectivity index (χ1n) is 5.84. The summed E-state index contributed by atoms with van der Waals surface area (Å²) in [4.78, 5) is 24.5. The molecule has 1 saturated heterocycles. The van der Waals surface area contributed by atoms with E-state index in [-0.39, 0.29) is 21.3 Å². The van der Waals surface area contributed by atoms with E-state index in [4.69, 9.17) is 11.6 Å². The van der Waals surface area contributed by atoms with Crippen molar-refractivity contribution in [3.63, 3.8) is 0 Å². The first-order valence-corrected chi connectivity index (χ1v) is 7.10. The minimum absolute atomic E-state index is 0.0131. The largest absolute Gasteiger partial charge is 0.337 e. The first kappa shape index (κ1) is 14.3. The summed E-state index contributed by atoms with van der Waals surface area (Å²) in [6, 6.07) is 4.43. The number of rotatable bonds is 3. The number of amides is 1. The summed E-state index contributed by atoms with van der Waals surface area (Å²) in [5.41, 5.74) is 0.785. The van der Waals surface area contributed by atoms with E-state index in [2.05, 4.69) is 0 Å². The Balaban J connectivity index is 2.01. The molecule has 1 unspecified atom stereocenters. The van der Waals surface area contributed by atoms with E-state index in [0.717, 1.165) is 5.56 Å². The van der Waals surface area contributed by atoms with Gasteiger partial charge in [-0.3, -0.25) is 9.59 Å². The van der Waals surface area contributed by atoms with Crippen LogP contribution in [0.1, 0.15) is 18.9 Å². The third kappa shape index (κ3) is 3.70. The Morgan fingerprint density at radius 1 is 1.58 bits per heavy atom. The number of likely N-dealkylation sites (tertiary alicyclic amines) is 1. The standard InChI is InChI=1S/C13H13ClFNO2S/c1-8(17)19-10-5-13(18)16(7-10)6-9-2-3-12(15)11(14)4-9/h2-4,10H,5-7H2,1H3. The second kappa shape index (κ2) is 5.92. The van der Waals surface area contributed by atoms with Crippen LogP contribution in [0.5, 0.6) is 0 Å². The lowest BCUT2D eigenvalue weighted by Crippen LogP contribution is -2.25. The molecular weight excluding hydrogens is 289 g/mol. The number of carbonyl (C=O) groups excluding carboxylic acids is 2. The molecule has 0 bridgehead atoms. The van der Waals surface area contributed by atoms with E-state index in [1.165, 1.54) is 30.8 Å². The van der Waals surface area contributed by atoms with Crippen molar-refractivity contribution in [1.29, 1.82) is 0 Å². The molecule has 3 nitrogen and oxygen atoms in total. The summed E-state index contributed by atoms with van der Waals surface area (Å²) >= 11 is 6.90. The summed E-state index contributed by atoms with van der Waals surface area (Å²) in [5, 5.41) is 0.0872. The maximum atomic E-state index is 13.0. The maximum Gasteiger partial charge on any atom is 0.224 e. The van der Waals surface area contributed by atoms with Gasteiger partial charge in [-0.05, 0) is 17.7 Å². The number of nitrogens with zero attached hydrogens (tertiary/aromatic N) is 1. The molecule has 1 heterocycles. The van der Waals surface area contributed by atoms with Gasteiger partial charge in [0.05, 0.1) is 5.02 Å². The van der Waals surface area contributed by atoms with Gasteiger partial charge in [-0.25, -0.2) is 4.39 Å². The molecule has 1 aromatic carbocycles. The molecule has 0 radical (unpaired) electrons. The molecule has 0 saturated carbocycles. The van der Waals surface area contributed by atoms with Gasteiger partial charge in [-0.15, -0.1) is 0 Å². The molecule has 1 atom stereocenters. The minimum Gasteiger partial charge on any atom is -0.337 e. The Labute approximate surface area is 120 Å². The van der Waals surface area contributed by atoms with Crippen LogP contribution in [-0.2, 0) is 16.1 Å². The van der Waals surface area contributed by atoms with Gasteiger partial charge < -0.3 is 4.90 Å². The van der Waals surface area contributed by atoms with E-state index in [1.54, 1.807) is 11.0 Å². The molecule has 0 aliphatic carbocycles. The van der Waals surface area contributed by atoms with Gasteiger partial charge in [0.15, 0.2) is 5.12 Å². The lowest BCUT2D eigenvalue weighted by atomic mass is 10.2. The second-order valence-corrected chi connectivity index (χ2v) is 6.34. The quantitative estimate of drug-likeness (QED) is 0.861. The van der Waals surface area contributed by atoms with Crippen molar-refractivity contribution in [2.45, 2.75) is 25.1 Å². The molecule has 0 aromatic heterocycles. The lowest BCUT2D eigenvalue weighted by molar-refractivity contribution is -0.128. The average Bonchev–Trinajstić information content (AvgIpc) is 2.63. The summed E-state index contributed by atoms with van der Waals surface area (Å²) < 4.78 is 13.0. The van der Waals surface area contributed by atoms with Crippen molar-refractivity contribution in [2.24, 2.45) is 0 Å². The third-order valence-electron chi connectivity index (χ3n) is 2.87. The van der Waals surface area contributed by atoms with E-state index in [0.29, 0.717) is 19.5 Å². The highest BCUT2D eigenvalue weighted by Gasteiger charge is 2.30. The molecule has 2 rings (SSSR count). The highest BCUT2D eigenvalue weighted by molar-refractivity contribution is 8.14. The molecule has 1 fully saturated rings. The van der Waals surface area contributed by atoms with Gasteiger partial charge in [-0.2, -0.15) is 0 Å².